The van der Waals surface area contributed by atoms with Gasteiger partial charge < -0.3 is 20.1 Å². The van der Waals surface area contributed by atoms with E-state index in [0.717, 1.165) is 40.0 Å². The molecule has 0 saturated heterocycles. The lowest BCUT2D eigenvalue weighted by molar-refractivity contribution is -0.144. The van der Waals surface area contributed by atoms with Crippen molar-refractivity contribution in [2.75, 3.05) is 19.7 Å². The molecule has 2 aromatic rings. The quantitative estimate of drug-likeness (QED) is 0.492. The largest absolute Gasteiger partial charge is 0.480 e. The first-order chi connectivity index (χ1) is 16.4. The van der Waals surface area contributed by atoms with Crippen molar-refractivity contribution in [3.63, 3.8) is 0 Å². The van der Waals surface area contributed by atoms with E-state index in [2.05, 4.69) is 23.4 Å². The highest BCUT2D eigenvalue weighted by Crippen LogP contribution is 2.44. The van der Waals surface area contributed by atoms with Gasteiger partial charge in [-0.2, -0.15) is 0 Å². The van der Waals surface area contributed by atoms with Crippen molar-refractivity contribution in [3.05, 3.63) is 59.7 Å². The van der Waals surface area contributed by atoms with E-state index in [0.29, 0.717) is 6.42 Å². The van der Waals surface area contributed by atoms with Crippen molar-refractivity contribution in [2.45, 2.75) is 44.6 Å². The number of amides is 2. The number of unbranched alkanes of at least 4 members (excludes halogenated alkanes) is 1. The van der Waals surface area contributed by atoms with Crippen LogP contribution in [-0.4, -0.2) is 53.7 Å². The third kappa shape index (κ3) is 6.16. The van der Waals surface area contributed by atoms with Crippen molar-refractivity contribution >= 4 is 18.0 Å². The Morgan fingerprint density at radius 1 is 1.12 bits per heavy atom. The van der Waals surface area contributed by atoms with Crippen LogP contribution in [0.15, 0.2) is 48.5 Å². The van der Waals surface area contributed by atoms with Crippen LogP contribution in [0, 0.1) is 12.3 Å². The number of hydrogen-bond donors (Lipinski definition) is 2. The molecule has 0 aliphatic heterocycles. The molecule has 0 fully saturated rings. The maximum Gasteiger partial charge on any atom is 0.407 e. The number of alkyl carbamates (subject to hydrolysis) is 1. The summed E-state index contributed by atoms with van der Waals surface area (Å²) < 4.78 is 5.60. The summed E-state index contributed by atoms with van der Waals surface area (Å²) in [5.41, 5.74) is 4.52. The van der Waals surface area contributed by atoms with Gasteiger partial charge in [-0.1, -0.05) is 74.2 Å². The van der Waals surface area contributed by atoms with Crippen LogP contribution in [0.3, 0.4) is 0 Å². The minimum atomic E-state index is -1.14. The average molecular weight is 463 g/mol. The van der Waals surface area contributed by atoms with Gasteiger partial charge in [0.15, 0.2) is 0 Å². The van der Waals surface area contributed by atoms with Gasteiger partial charge in [0, 0.05) is 18.4 Å². The molecule has 0 radical (unpaired) electrons. The Balaban J connectivity index is 1.63. The molecule has 2 aromatic carbocycles. The van der Waals surface area contributed by atoms with E-state index in [1.807, 2.05) is 43.3 Å². The van der Waals surface area contributed by atoms with Crippen molar-refractivity contribution < 1.29 is 24.2 Å². The monoisotopic (exact) mass is 462 g/mol. The maximum atomic E-state index is 12.7. The van der Waals surface area contributed by atoms with Crippen LogP contribution in [-0.2, 0) is 14.3 Å². The Kier molecular flexibility index (Phi) is 8.69. The van der Waals surface area contributed by atoms with Gasteiger partial charge in [0.05, 0.1) is 6.54 Å². The first-order valence-corrected chi connectivity index (χ1v) is 11.5. The molecule has 2 amide bonds. The number of carboxylic acids is 1. The van der Waals surface area contributed by atoms with E-state index < -0.39 is 30.6 Å². The third-order valence-electron chi connectivity index (χ3n) is 5.95. The predicted octanol–water partition coefficient (Wildman–Crippen LogP) is 4.02. The summed E-state index contributed by atoms with van der Waals surface area (Å²) in [5.74, 6) is 0.692. The summed E-state index contributed by atoms with van der Waals surface area (Å²) in [5, 5.41) is 11.8. The molecule has 0 bridgehead atoms. The van der Waals surface area contributed by atoms with Crippen LogP contribution in [0.4, 0.5) is 4.79 Å². The summed E-state index contributed by atoms with van der Waals surface area (Å²) in [6.45, 7) is 1.61. The fraction of sp³-hybridized carbons (Fsp3) is 0.370. The molecular weight excluding hydrogens is 432 g/mol. The van der Waals surface area contributed by atoms with E-state index in [1.54, 1.807) is 0 Å². The topological polar surface area (TPSA) is 95.9 Å². The number of hydrogen-bond acceptors (Lipinski definition) is 4. The van der Waals surface area contributed by atoms with E-state index in [1.165, 1.54) is 0 Å². The lowest BCUT2D eigenvalue weighted by Crippen LogP contribution is -2.43. The van der Waals surface area contributed by atoms with Crippen LogP contribution in [0.5, 0.6) is 0 Å². The second-order valence-electron chi connectivity index (χ2n) is 8.36. The molecule has 34 heavy (non-hydrogen) atoms. The summed E-state index contributed by atoms with van der Waals surface area (Å²) in [7, 11) is 0. The molecule has 1 atom stereocenters. The van der Waals surface area contributed by atoms with Gasteiger partial charge in [-0.15, -0.1) is 6.42 Å². The number of benzene rings is 2. The summed E-state index contributed by atoms with van der Waals surface area (Å²) >= 11 is 0. The first kappa shape index (κ1) is 24.8. The molecule has 1 unspecified atom stereocenters. The van der Waals surface area contributed by atoms with E-state index >= 15 is 0 Å². The van der Waals surface area contributed by atoms with Gasteiger partial charge in [-0.05, 0) is 28.7 Å². The van der Waals surface area contributed by atoms with Gasteiger partial charge >= 0.3 is 12.1 Å². The second-order valence-corrected chi connectivity index (χ2v) is 8.36. The minimum Gasteiger partial charge on any atom is -0.480 e. The lowest BCUT2D eigenvalue weighted by atomic mass is 9.98. The van der Waals surface area contributed by atoms with E-state index in [4.69, 9.17) is 16.3 Å². The number of aliphatic carboxylic acids is 1. The van der Waals surface area contributed by atoms with E-state index in [9.17, 15) is 14.4 Å². The Labute approximate surface area is 200 Å². The zero-order chi connectivity index (χ0) is 24.5. The number of nitrogens with one attached hydrogen (secondary N) is 1. The summed E-state index contributed by atoms with van der Waals surface area (Å²) in [4.78, 5) is 37.5. The maximum absolute atomic E-state index is 12.7. The van der Waals surface area contributed by atoms with Crippen molar-refractivity contribution in [3.8, 4) is 23.5 Å². The second kappa shape index (κ2) is 11.9. The molecule has 0 spiro atoms. The zero-order valence-corrected chi connectivity index (χ0v) is 19.3. The molecule has 178 valence electrons. The third-order valence-corrected chi connectivity index (χ3v) is 5.95. The molecule has 1 aliphatic carbocycles. The van der Waals surface area contributed by atoms with Crippen molar-refractivity contribution in [1.29, 1.82) is 0 Å². The number of carbonyl (C=O) groups is 3. The van der Waals surface area contributed by atoms with Crippen LogP contribution < -0.4 is 5.32 Å². The molecule has 3 rings (SSSR count). The summed E-state index contributed by atoms with van der Waals surface area (Å²) in [6, 6.07) is 15.7. The summed E-state index contributed by atoms with van der Waals surface area (Å²) in [6.07, 6.45) is 6.90. The standard InChI is InChI=1S/C27H30N2O5/c1-3-5-10-19(16-25(30)29(15-4-2)17-26(31)32)28-27(33)34-18-24-22-13-8-6-11-20(22)21-12-7-9-14-23(21)24/h2,6-9,11-14,19,24H,3,5,10,15-18H2,1H3,(H,28,33)(H,31,32). The molecule has 2 N–H and O–H groups in total. The normalized spacial score (nSPS) is 12.7. The Morgan fingerprint density at radius 2 is 1.74 bits per heavy atom. The van der Waals surface area contributed by atoms with Gasteiger partial charge in [0.1, 0.15) is 13.2 Å². The Morgan fingerprint density at radius 3 is 2.29 bits per heavy atom. The lowest BCUT2D eigenvalue weighted by Gasteiger charge is -2.23. The fourth-order valence-corrected chi connectivity index (χ4v) is 4.33. The average Bonchev–Trinajstić information content (AvgIpc) is 3.14. The highest BCUT2D eigenvalue weighted by atomic mass is 16.5. The van der Waals surface area contributed by atoms with Gasteiger partial charge in [-0.3, -0.25) is 9.59 Å². The number of terminal acetylenes is 1. The molecule has 0 heterocycles. The number of carbonyl (C=O) groups excluding carboxylic acids is 2. The highest BCUT2D eigenvalue weighted by Gasteiger charge is 2.29. The molecule has 1 aliphatic rings. The van der Waals surface area contributed by atoms with E-state index in [-0.39, 0.29) is 25.5 Å². The van der Waals surface area contributed by atoms with Gasteiger partial charge in [0.25, 0.3) is 0 Å². The Bertz CT molecular complexity index is 1030. The highest BCUT2D eigenvalue weighted by molar-refractivity contribution is 5.82. The predicted molar refractivity (Wildman–Crippen MR) is 129 cm³/mol. The van der Waals surface area contributed by atoms with Gasteiger partial charge in [-0.25, -0.2) is 4.79 Å². The van der Waals surface area contributed by atoms with Crippen LogP contribution in [0.1, 0.15) is 49.7 Å². The Hall–Kier alpha value is -3.79. The molecule has 7 nitrogen and oxygen atoms in total. The van der Waals surface area contributed by atoms with Crippen LogP contribution in [0.2, 0.25) is 0 Å². The number of nitrogens with zero attached hydrogens (tertiary/aromatic N) is 1. The zero-order valence-electron chi connectivity index (χ0n) is 19.3. The molecule has 7 heteroatoms. The van der Waals surface area contributed by atoms with Crippen LogP contribution >= 0.6 is 0 Å². The SMILES string of the molecule is C#CCN(CC(=O)O)C(=O)CC(CCCC)NC(=O)OCC1c2ccccc2-c2ccccc21. The van der Waals surface area contributed by atoms with Crippen molar-refractivity contribution in [1.82, 2.24) is 10.2 Å². The molecular formula is C27H30N2O5. The number of fused-ring (bicyclic) bond motifs is 3. The minimum absolute atomic E-state index is 0.0425. The fourth-order valence-electron chi connectivity index (χ4n) is 4.33. The first-order valence-electron chi connectivity index (χ1n) is 11.5. The molecule has 0 aromatic heterocycles. The van der Waals surface area contributed by atoms with Crippen LogP contribution in [0.25, 0.3) is 11.1 Å². The van der Waals surface area contributed by atoms with Crippen molar-refractivity contribution in [2.24, 2.45) is 0 Å². The smallest absolute Gasteiger partial charge is 0.407 e. The number of ether oxygens (including phenoxy) is 1. The number of carboxylic acid groups (broad SMARTS) is 1. The molecule has 0 saturated carbocycles. The van der Waals surface area contributed by atoms with Gasteiger partial charge in [0.2, 0.25) is 5.91 Å². The number of rotatable bonds is 11.